The van der Waals surface area contributed by atoms with E-state index in [1.807, 2.05) is 30.3 Å². The van der Waals surface area contributed by atoms with Crippen LogP contribution in [0.3, 0.4) is 0 Å². The monoisotopic (exact) mass is 475 g/mol. The minimum Gasteiger partial charge on any atom is -0.371 e. The van der Waals surface area contributed by atoms with Gasteiger partial charge in [-0.1, -0.05) is 61.0 Å². The first kappa shape index (κ1) is 23.8. The molecule has 3 aromatic carbocycles. The molecule has 0 radical (unpaired) electrons. The molecule has 0 saturated carbocycles. The lowest BCUT2D eigenvalue weighted by Crippen LogP contribution is -2.35. The molecule has 1 saturated heterocycles. The Balaban J connectivity index is 1.53. The Morgan fingerprint density at radius 2 is 1.62 bits per heavy atom. The fraction of sp³-hybridized carbons (Fsp3) is 0.286. The molecule has 176 valence electrons. The first-order valence-corrected chi connectivity index (χ1v) is 12.2. The summed E-state index contributed by atoms with van der Waals surface area (Å²) in [6, 6.07) is 22.5. The quantitative estimate of drug-likeness (QED) is 0.454. The second-order valence-corrected chi connectivity index (χ2v) is 9.23. The third-order valence-corrected chi connectivity index (χ3v) is 6.61. The van der Waals surface area contributed by atoms with E-state index >= 15 is 0 Å². The van der Waals surface area contributed by atoms with Gasteiger partial charge in [-0.15, -0.1) is 0 Å². The fourth-order valence-corrected chi connectivity index (χ4v) is 4.45. The fourth-order valence-electron chi connectivity index (χ4n) is 4.22. The third-order valence-electron chi connectivity index (χ3n) is 6.28. The van der Waals surface area contributed by atoms with Gasteiger partial charge in [0.15, 0.2) is 0 Å². The average molecular weight is 476 g/mol. The summed E-state index contributed by atoms with van der Waals surface area (Å²) in [6.45, 7) is 4.63. The Labute approximate surface area is 206 Å². The Kier molecular flexibility index (Phi) is 7.86. The van der Waals surface area contributed by atoms with Crippen molar-refractivity contribution in [2.24, 2.45) is 5.92 Å². The molecular formula is C28H30ClN3O2. The van der Waals surface area contributed by atoms with Gasteiger partial charge in [-0.3, -0.25) is 9.59 Å². The SMILES string of the molecule is CC1CCN(c2ccc(NC(=O)c3ccccc3Cl)cc2C(=O)NCCc2ccccc2)CC1. The minimum absolute atomic E-state index is 0.140. The first-order chi connectivity index (χ1) is 16.5. The van der Waals surface area contributed by atoms with E-state index in [-0.39, 0.29) is 11.8 Å². The molecule has 0 unspecified atom stereocenters. The summed E-state index contributed by atoms with van der Waals surface area (Å²) in [7, 11) is 0. The Bertz CT molecular complexity index is 1140. The molecule has 1 aliphatic heterocycles. The maximum absolute atomic E-state index is 13.3. The molecule has 0 aromatic heterocycles. The molecule has 0 bridgehead atoms. The van der Waals surface area contributed by atoms with Crippen molar-refractivity contribution in [3.8, 4) is 0 Å². The molecule has 5 nitrogen and oxygen atoms in total. The zero-order chi connectivity index (χ0) is 23.9. The summed E-state index contributed by atoms with van der Waals surface area (Å²) in [4.78, 5) is 28.3. The summed E-state index contributed by atoms with van der Waals surface area (Å²) in [5.41, 5.74) is 3.60. The molecule has 1 fully saturated rings. The minimum atomic E-state index is -0.305. The van der Waals surface area contributed by atoms with Gasteiger partial charge in [-0.25, -0.2) is 0 Å². The molecule has 34 heavy (non-hydrogen) atoms. The molecule has 2 N–H and O–H groups in total. The highest BCUT2D eigenvalue weighted by Crippen LogP contribution is 2.29. The van der Waals surface area contributed by atoms with E-state index in [0.29, 0.717) is 34.3 Å². The normalized spacial score (nSPS) is 14.0. The Morgan fingerprint density at radius 1 is 0.912 bits per heavy atom. The lowest BCUT2D eigenvalue weighted by atomic mass is 9.97. The maximum Gasteiger partial charge on any atom is 0.257 e. The molecule has 6 heteroatoms. The smallest absolute Gasteiger partial charge is 0.257 e. The second-order valence-electron chi connectivity index (χ2n) is 8.83. The van der Waals surface area contributed by atoms with E-state index in [1.165, 1.54) is 5.56 Å². The number of carbonyl (C=O) groups is 2. The number of hydrogen-bond donors (Lipinski definition) is 2. The number of anilines is 2. The van der Waals surface area contributed by atoms with Crippen LogP contribution in [0, 0.1) is 5.92 Å². The van der Waals surface area contributed by atoms with Gasteiger partial charge in [0.1, 0.15) is 0 Å². The van der Waals surface area contributed by atoms with Crippen molar-refractivity contribution >= 4 is 34.8 Å². The van der Waals surface area contributed by atoms with Crippen molar-refractivity contribution in [2.45, 2.75) is 26.2 Å². The van der Waals surface area contributed by atoms with E-state index in [0.717, 1.165) is 38.0 Å². The van der Waals surface area contributed by atoms with Crippen LogP contribution in [-0.2, 0) is 6.42 Å². The largest absolute Gasteiger partial charge is 0.371 e. The van der Waals surface area contributed by atoms with Gasteiger partial charge in [0.2, 0.25) is 0 Å². The van der Waals surface area contributed by atoms with Crippen molar-refractivity contribution in [1.29, 1.82) is 0 Å². The molecule has 3 aromatic rings. The van der Waals surface area contributed by atoms with Crippen LogP contribution in [0.1, 0.15) is 46.0 Å². The van der Waals surface area contributed by atoms with Crippen molar-refractivity contribution in [3.63, 3.8) is 0 Å². The molecule has 4 rings (SSSR count). The van der Waals surface area contributed by atoms with E-state index < -0.39 is 0 Å². The van der Waals surface area contributed by atoms with E-state index in [1.54, 1.807) is 30.3 Å². The number of piperidine rings is 1. The highest BCUT2D eigenvalue weighted by molar-refractivity contribution is 6.34. The van der Waals surface area contributed by atoms with Crippen LogP contribution in [0.25, 0.3) is 0 Å². The number of nitrogens with zero attached hydrogens (tertiary/aromatic N) is 1. The van der Waals surface area contributed by atoms with Gasteiger partial charge in [0.05, 0.1) is 16.1 Å². The zero-order valence-electron chi connectivity index (χ0n) is 19.4. The Hall–Kier alpha value is -3.31. The first-order valence-electron chi connectivity index (χ1n) is 11.8. The third kappa shape index (κ3) is 5.97. The van der Waals surface area contributed by atoms with Crippen LogP contribution in [0.15, 0.2) is 72.8 Å². The summed E-state index contributed by atoms with van der Waals surface area (Å²) in [6.07, 6.45) is 2.95. The molecule has 0 spiro atoms. The van der Waals surface area contributed by atoms with Crippen molar-refractivity contribution in [1.82, 2.24) is 5.32 Å². The number of hydrogen-bond acceptors (Lipinski definition) is 3. The van der Waals surface area contributed by atoms with Crippen LogP contribution in [-0.4, -0.2) is 31.4 Å². The molecule has 0 aliphatic carbocycles. The maximum atomic E-state index is 13.3. The van der Waals surface area contributed by atoms with E-state index in [4.69, 9.17) is 11.6 Å². The Morgan fingerprint density at radius 3 is 2.35 bits per heavy atom. The average Bonchev–Trinajstić information content (AvgIpc) is 2.85. The predicted molar refractivity (Wildman–Crippen MR) is 139 cm³/mol. The second kappa shape index (κ2) is 11.2. The van der Waals surface area contributed by atoms with Crippen LogP contribution < -0.4 is 15.5 Å². The van der Waals surface area contributed by atoms with Gasteiger partial charge >= 0.3 is 0 Å². The topological polar surface area (TPSA) is 61.4 Å². The summed E-state index contributed by atoms with van der Waals surface area (Å²) < 4.78 is 0. The standard InChI is InChI=1S/C28H30ClN3O2/c1-20-14-17-32(18-15-20)26-12-11-22(31-28(34)23-9-5-6-10-25(23)29)19-24(26)27(33)30-16-13-21-7-3-2-4-8-21/h2-12,19-20H,13-18H2,1H3,(H,30,33)(H,31,34). The summed E-state index contributed by atoms with van der Waals surface area (Å²) in [5, 5.41) is 6.34. The molecule has 0 atom stereocenters. The highest BCUT2D eigenvalue weighted by atomic mass is 35.5. The van der Waals surface area contributed by atoms with Crippen LogP contribution >= 0.6 is 11.6 Å². The van der Waals surface area contributed by atoms with Gasteiger partial charge in [0.25, 0.3) is 11.8 Å². The number of rotatable bonds is 7. The zero-order valence-corrected chi connectivity index (χ0v) is 20.1. The van der Waals surface area contributed by atoms with Crippen LogP contribution in [0.2, 0.25) is 5.02 Å². The van der Waals surface area contributed by atoms with Crippen LogP contribution in [0.4, 0.5) is 11.4 Å². The van der Waals surface area contributed by atoms with Crippen LogP contribution in [0.5, 0.6) is 0 Å². The number of carbonyl (C=O) groups excluding carboxylic acids is 2. The summed E-state index contributed by atoms with van der Waals surface area (Å²) >= 11 is 6.18. The lowest BCUT2D eigenvalue weighted by molar-refractivity contribution is 0.0953. The van der Waals surface area contributed by atoms with Crippen molar-refractivity contribution in [3.05, 3.63) is 94.5 Å². The van der Waals surface area contributed by atoms with E-state index in [9.17, 15) is 9.59 Å². The highest BCUT2D eigenvalue weighted by Gasteiger charge is 2.22. The number of amides is 2. The number of halogens is 1. The predicted octanol–water partition coefficient (Wildman–Crippen LogP) is 5.80. The van der Waals surface area contributed by atoms with Gasteiger partial charge < -0.3 is 15.5 Å². The van der Waals surface area contributed by atoms with Gasteiger partial charge in [0, 0.05) is 31.0 Å². The molecule has 1 aliphatic rings. The molecule has 1 heterocycles. The molecular weight excluding hydrogens is 446 g/mol. The van der Waals surface area contributed by atoms with Crippen molar-refractivity contribution < 1.29 is 9.59 Å². The van der Waals surface area contributed by atoms with Gasteiger partial charge in [-0.05, 0) is 61.1 Å². The van der Waals surface area contributed by atoms with Gasteiger partial charge in [-0.2, -0.15) is 0 Å². The van der Waals surface area contributed by atoms with Crippen molar-refractivity contribution in [2.75, 3.05) is 29.9 Å². The van der Waals surface area contributed by atoms with E-state index in [2.05, 4.69) is 34.6 Å². The summed E-state index contributed by atoms with van der Waals surface area (Å²) in [5.74, 6) is 0.243. The number of nitrogens with one attached hydrogen (secondary N) is 2. The lowest BCUT2D eigenvalue weighted by Gasteiger charge is -2.33. The number of benzene rings is 3. The molecule has 2 amide bonds.